The minimum Gasteiger partial charge on any atom is -0.496 e. The van der Waals surface area contributed by atoms with Gasteiger partial charge in [-0.1, -0.05) is 6.42 Å². The average molecular weight is 300 g/mol. The molecule has 0 aliphatic carbocycles. The first-order chi connectivity index (χ1) is 9.56. The molecule has 0 aromatic heterocycles. The first-order valence-electron chi connectivity index (χ1n) is 6.62. The van der Waals surface area contributed by atoms with Crippen LogP contribution in [0.2, 0.25) is 0 Å². The molecule has 1 aromatic rings. The fourth-order valence-corrected chi connectivity index (χ4v) is 3.43. The predicted octanol–water partition coefficient (Wildman–Crippen LogP) is 0.867. The fraction of sp³-hybridized carbons (Fsp3) is 0.538. The van der Waals surface area contributed by atoms with Crippen LogP contribution in [0.3, 0.4) is 0 Å². The number of nitrogens with one attached hydrogen (secondary N) is 1. The lowest BCUT2D eigenvalue weighted by Gasteiger charge is -2.26. The standard InChI is InChI=1S/C13H20N2O4S/c1-19-13-6-5-12(9-11(13)10-16)20(17,18)14-15-7-3-2-4-8-15/h5-6,9,14,16H,2-4,7-8,10H2,1H3. The maximum absolute atomic E-state index is 12.3. The number of aliphatic hydroxyl groups excluding tert-OH is 1. The van der Waals surface area contributed by atoms with Crippen LogP contribution in [-0.2, 0) is 16.6 Å². The average Bonchev–Trinajstić information content (AvgIpc) is 2.47. The highest BCUT2D eigenvalue weighted by molar-refractivity contribution is 7.89. The Labute approximate surface area is 119 Å². The number of methoxy groups -OCH3 is 1. The number of aliphatic hydroxyl groups is 1. The van der Waals surface area contributed by atoms with Crippen LogP contribution in [0.1, 0.15) is 24.8 Å². The predicted molar refractivity (Wildman–Crippen MR) is 74.7 cm³/mol. The molecule has 0 spiro atoms. The van der Waals surface area contributed by atoms with Crippen LogP contribution in [0.25, 0.3) is 0 Å². The second-order valence-electron chi connectivity index (χ2n) is 4.77. The summed E-state index contributed by atoms with van der Waals surface area (Å²) in [4.78, 5) is 2.72. The number of nitrogens with zero attached hydrogens (tertiary/aromatic N) is 1. The zero-order valence-corrected chi connectivity index (χ0v) is 12.3. The van der Waals surface area contributed by atoms with E-state index in [0.29, 0.717) is 11.3 Å². The Morgan fingerprint density at radius 3 is 2.60 bits per heavy atom. The number of piperidine rings is 1. The van der Waals surface area contributed by atoms with Gasteiger partial charge in [0, 0.05) is 18.7 Å². The van der Waals surface area contributed by atoms with E-state index in [0.717, 1.165) is 32.4 Å². The van der Waals surface area contributed by atoms with E-state index in [9.17, 15) is 13.5 Å². The molecule has 2 N–H and O–H groups in total. The molecule has 0 unspecified atom stereocenters. The summed E-state index contributed by atoms with van der Waals surface area (Å²) in [6, 6.07) is 4.46. The van der Waals surface area contributed by atoms with E-state index in [4.69, 9.17) is 4.74 Å². The molecule has 0 saturated carbocycles. The number of benzene rings is 1. The van der Waals surface area contributed by atoms with Crippen molar-refractivity contribution in [2.75, 3.05) is 20.2 Å². The van der Waals surface area contributed by atoms with E-state index < -0.39 is 10.0 Å². The van der Waals surface area contributed by atoms with Gasteiger partial charge in [0.25, 0.3) is 10.0 Å². The van der Waals surface area contributed by atoms with Crippen LogP contribution in [0.4, 0.5) is 0 Å². The molecular weight excluding hydrogens is 280 g/mol. The smallest absolute Gasteiger partial charge is 0.253 e. The maximum Gasteiger partial charge on any atom is 0.253 e. The highest BCUT2D eigenvalue weighted by atomic mass is 32.2. The van der Waals surface area contributed by atoms with Crippen molar-refractivity contribution >= 4 is 10.0 Å². The zero-order chi connectivity index (χ0) is 14.6. The van der Waals surface area contributed by atoms with Crippen molar-refractivity contribution < 1.29 is 18.3 Å². The van der Waals surface area contributed by atoms with Crippen molar-refractivity contribution in [3.63, 3.8) is 0 Å². The molecule has 2 rings (SSSR count). The van der Waals surface area contributed by atoms with Crippen molar-refractivity contribution in [1.29, 1.82) is 0 Å². The van der Waals surface area contributed by atoms with Crippen LogP contribution in [-0.4, -0.2) is 38.7 Å². The molecule has 1 aliphatic rings. The second kappa shape index (κ2) is 6.53. The lowest BCUT2D eigenvalue weighted by Crippen LogP contribution is -2.44. The van der Waals surface area contributed by atoms with Crippen molar-refractivity contribution in [3.05, 3.63) is 23.8 Å². The quantitative estimate of drug-likeness (QED) is 0.843. The van der Waals surface area contributed by atoms with E-state index in [1.807, 2.05) is 0 Å². The molecule has 0 amide bonds. The molecular formula is C13H20N2O4S. The van der Waals surface area contributed by atoms with Crippen LogP contribution >= 0.6 is 0 Å². The van der Waals surface area contributed by atoms with Crippen LogP contribution in [0.5, 0.6) is 5.75 Å². The molecule has 1 fully saturated rings. The van der Waals surface area contributed by atoms with Gasteiger partial charge in [-0.3, -0.25) is 0 Å². The Hall–Kier alpha value is -1.15. The number of hydrogen-bond acceptors (Lipinski definition) is 5. The Kier molecular flexibility index (Phi) is 4.98. The topological polar surface area (TPSA) is 78.9 Å². The van der Waals surface area contributed by atoms with Gasteiger partial charge in [-0.15, -0.1) is 4.83 Å². The summed E-state index contributed by atoms with van der Waals surface area (Å²) >= 11 is 0. The highest BCUT2D eigenvalue weighted by Gasteiger charge is 2.21. The molecule has 0 radical (unpaired) electrons. The van der Waals surface area contributed by atoms with Gasteiger partial charge in [0.1, 0.15) is 5.75 Å². The minimum atomic E-state index is -3.61. The lowest BCUT2D eigenvalue weighted by atomic mass is 10.2. The molecule has 20 heavy (non-hydrogen) atoms. The number of ether oxygens (including phenoxy) is 1. The lowest BCUT2D eigenvalue weighted by molar-refractivity contribution is 0.200. The molecule has 1 aromatic carbocycles. The van der Waals surface area contributed by atoms with E-state index in [1.54, 1.807) is 11.1 Å². The normalized spacial score (nSPS) is 17.1. The third kappa shape index (κ3) is 3.49. The molecule has 112 valence electrons. The number of hydrogen-bond donors (Lipinski definition) is 2. The molecule has 6 nitrogen and oxygen atoms in total. The third-order valence-corrected chi connectivity index (χ3v) is 4.71. The van der Waals surface area contributed by atoms with Gasteiger partial charge in [0.2, 0.25) is 0 Å². The van der Waals surface area contributed by atoms with Gasteiger partial charge in [-0.25, -0.2) is 13.4 Å². The summed E-state index contributed by atoms with van der Waals surface area (Å²) in [5, 5.41) is 11.0. The molecule has 1 saturated heterocycles. The van der Waals surface area contributed by atoms with E-state index >= 15 is 0 Å². The number of hydrazine groups is 1. The molecule has 1 heterocycles. The largest absolute Gasteiger partial charge is 0.496 e. The van der Waals surface area contributed by atoms with E-state index in [2.05, 4.69) is 4.83 Å². The van der Waals surface area contributed by atoms with Crippen molar-refractivity contribution in [2.24, 2.45) is 0 Å². The SMILES string of the molecule is COc1ccc(S(=O)(=O)NN2CCCCC2)cc1CO. The Bertz CT molecular complexity index is 553. The Morgan fingerprint density at radius 1 is 1.30 bits per heavy atom. The monoisotopic (exact) mass is 300 g/mol. The van der Waals surface area contributed by atoms with E-state index in [-0.39, 0.29) is 11.5 Å². The van der Waals surface area contributed by atoms with Gasteiger partial charge in [-0.2, -0.15) is 0 Å². The van der Waals surface area contributed by atoms with Crippen molar-refractivity contribution in [1.82, 2.24) is 9.84 Å². The van der Waals surface area contributed by atoms with Gasteiger partial charge >= 0.3 is 0 Å². The summed E-state index contributed by atoms with van der Waals surface area (Å²) in [5.41, 5.74) is 0.453. The summed E-state index contributed by atoms with van der Waals surface area (Å²) in [6.45, 7) is 1.18. The highest BCUT2D eigenvalue weighted by Crippen LogP contribution is 2.22. The molecule has 1 aliphatic heterocycles. The maximum atomic E-state index is 12.3. The van der Waals surface area contributed by atoms with Crippen LogP contribution < -0.4 is 9.57 Å². The Balaban J connectivity index is 2.20. The number of rotatable bonds is 5. The van der Waals surface area contributed by atoms with Gasteiger partial charge in [0.15, 0.2) is 0 Å². The van der Waals surface area contributed by atoms with E-state index in [1.165, 1.54) is 19.2 Å². The zero-order valence-electron chi connectivity index (χ0n) is 11.5. The summed E-state index contributed by atoms with van der Waals surface area (Å²) in [7, 11) is -2.13. The van der Waals surface area contributed by atoms with Crippen molar-refractivity contribution in [2.45, 2.75) is 30.8 Å². The molecule has 0 bridgehead atoms. The third-order valence-electron chi connectivity index (χ3n) is 3.34. The first kappa shape index (κ1) is 15.2. The number of sulfonamides is 1. The molecule has 7 heteroatoms. The summed E-state index contributed by atoms with van der Waals surface area (Å²) in [6.07, 6.45) is 3.12. The summed E-state index contributed by atoms with van der Waals surface area (Å²) in [5.74, 6) is 0.476. The Morgan fingerprint density at radius 2 is 2.00 bits per heavy atom. The second-order valence-corrected chi connectivity index (χ2v) is 6.44. The fourth-order valence-electron chi connectivity index (χ4n) is 2.25. The van der Waals surface area contributed by atoms with Gasteiger partial charge < -0.3 is 9.84 Å². The minimum absolute atomic E-state index is 0.132. The van der Waals surface area contributed by atoms with Crippen LogP contribution in [0.15, 0.2) is 23.1 Å². The van der Waals surface area contributed by atoms with Gasteiger partial charge in [0.05, 0.1) is 18.6 Å². The molecule has 0 atom stereocenters. The van der Waals surface area contributed by atoms with Gasteiger partial charge in [-0.05, 0) is 31.0 Å². The van der Waals surface area contributed by atoms with Crippen LogP contribution in [0, 0.1) is 0 Å². The van der Waals surface area contributed by atoms with Crippen molar-refractivity contribution in [3.8, 4) is 5.75 Å². The first-order valence-corrected chi connectivity index (χ1v) is 8.10. The summed E-state index contributed by atoms with van der Waals surface area (Å²) < 4.78 is 29.7.